The molecule has 1 aromatic heterocycles. The zero-order valence-corrected chi connectivity index (χ0v) is 16.3. The van der Waals surface area contributed by atoms with Gasteiger partial charge in [-0.15, -0.1) is 0 Å². The van der Waals surface area contributed by atoms with Crippen molar-refractivity contribution < 1.29 is 14.0 Å². The van der Waals surface area contributed by atoms with E-state index in [0.717, 1.165) is 0 Å². The number of nitrogens with zero attached hydrogens (tertiary/aromatic N) is 1. The first-order valence-corrected chi connectivity index (χ1v) is 9.02. The molecule has 144 valence electrons. The molecule has 1 heterocycles. The molecule has 1 atom stereocenters. The molecule has 27 heavy (non-hydrogen) atoms. The summed E-state index contributed by atoms with van der Waals surface area (Å²) in [6.07, 6.45) is 3.54. The van der Waals surface area contributed by atoms with Crippen LogP contribution in [-0.4, -0.2) is 22.2 Å². The van der Waals surface area contributed by atoms with Crippen LogP contribution in [0.3, 0.4) is 0 Å². The minimum absolute atomic E-state index is 0.0383. The van der Waals surface area contributed by atoms with Crippen molar-refractivity contribution in [1.29, 1.82) is 0 Å². The number of primary amides is 1. The Morgan fingerprint density at radius 1 is 1.33 bits per heavy atom. The fraction of sp³-hybridized carbons (Fsp3) is 0.350. The molecule has 0 aliphatic heterocycles. The number of amides is 1. The highest BCUT2D eigenvalue weighted by atomic mass is 35.5. The zero-order chi connectivity index (χ0) is 20.2. The van der Waals surface area contributed by atoms with Gasteiger partial charge < -0.3 is 11.1 Å². The predicted octanol–water partition coefficient (Wildman–Crippen LogP) is 3.80. The van der Waals surface area contributed by atoms with E-state index >= 15 is 4.39 Å². The molecule has 1 aromatic carbocycles. The average molecular weight is 392 g/mol. The minimum atomic E-state index is -0.675. The lowest BCUT2D eigenvalue weighted by Crippen LogP contribution is -2.44. The van der Waals surface area contributed by atoms with Crippen LogP contribution in [0.1, 0.15) is 61.1 Å². The maximum Gasteiger partial charge on any atom is 0.219 e. The summed E-state index contributed by atoms with van der Waals surface area (Å²) in [5.41, 5.74) is 5.04. The molecule has 0 radical (unpaired) electrons. The van der Waals surface area contributed by atoms with Crippen molar-refractivity contribution in [3.8, 4) is 0 Å². The van der Waals surface area contributed by atoms with E-state index in [4.69, 9.17) is 17.3 Å². The molecule has 0 bridgehead atoms. The number of nitrogens with two attached hydrogens (primary N) is 1. The summed E-state index contributed by atoms with van der Waals surface area (Å²) in [5, 5.41) is 3.29. The molecule has 0 aliphatic carbocycles. The molecular weight excluding hydrogens is 369 g/mol. The second-order valence-corrected chi connectivity index (χ2v) is 7.44. The molecule has 0 unspecified atom stereocenters. The molecule has 0 aliphatic rings. The fourth-order valence-electron chi connectivity index (χ4n) is 3.05. The third-order valence-corrected chi connectivity index (χ3v) is 4.55. The van der Waals surface area contributed by atoms with Gasteiger partial charge in [0.2, 0.25) is 5.91 Å². The standard InChI is InChI=1S/C20H23ClFN3O2/c1-4-15(25-20(2,3)10-16(23)26)13-7-8-14(21)17(18(13)22)19(27)12-6-5-9-24-11-12/h5-9,11,15,25H,4,10H2,1-3H3,(H2,23,26)/t15-/m0/s1. The smallest absolute Gasteiger partial charge is 0.219 e. The third-order valence-electron chi connectivity index (χ3n) is 4.24. The van der Waals surface area contributed by atoms with Crippen LogP contribution in [0.25, 0.3) is 0 Å². The van der Waals surface area contributed by atoms with Gasteiger partial charge in [-0.1, -0.05) is 24.6 Å². The molecule has 2 aromatic rings. The van der Waals surface area contributed by atoms with Gasteiger partial charge in [0.25, 0.3) is 0 Å². The van der Waals surface area contributed by atoms with E-state index in [9.17, 15) is 9.59 Å². The SMILES string of the molecule is CC[C@H](NC(C)(C)CC(N)=O)c1ccc(Cl)c(C(=O)c2cccnc2)c1F. The number of halogens is 2. The van der Waals surface area contributed by atoms with Crippen LogP contribution in [0, 0.1) is 5.82 Å². The highest BCUT2D eigenvalue weighted by Crippen LogP contribution is 2.31. The number of nitrogens with one attached hydrogen (secondary N) is 1. The van der Waals surface area contributed by atoms with Gasteiger partial charge in [0, 0.05) is 41.5 Å². The van der Waals surface area contributed by atoms with Gasteiger partial charge in [0.15, 0.2) is 5.78 Å². The lowest BCUT2D eigenvalue weighted by atomic mass is 9.93. The van der Waals surface area contributed by atoms with Gasteiger partial charge in [0.1, 0.15) is 5.82 Å². The second kappa shape index (κ2) is 8.59. The first-order chi connectivity index (χ1) is 12.7. The van der Waals surface area contributed by atoms with E-state index < -0.39 is 29.1 Å². The number of pyridine rings is 1. The van der Waals surface area contributed by atoms with E-state index in [0.29, 0.717) is 12.0 Å². The third kappa shape index (κ3) is 5.11. The molecule has 0 fully saturated rings. The summed E-state index contributed by atoms with van der Waals surface area (Å²) in [6, 6.07) is 5.81. The monoisotopic (exact) mass is 391 g/mol. The summed E-state index contributed by atoms with van der Waals surface area (Å²) in [4.78, 5) is 27.9. The van der Waals surface area contributed by atoms with E-state index in [1.54, 1.807) is 18.2 Å². The second-order valence-electron chi connectivity index (χ2n) is 7.03. The Balaban J connectivity index is 2.43. The van der Waals surface area contributed by atoms with Crippen molar-refractivity contribution in [1.82, 2.24) is 10.3 Å². The lowest BCUT2D eigenvalue weighted by molar-refractivity contribution is -0.119. The van der Waals surface area contributed by atoms with E-state index in [2.05, 4.69) is 10.3 Å². The van der Waals surface area contributed by atoms with Crippen LogP contribution >= 0.6 is 11.6 Å². The summed E-state index contributed by atoms with van der Waals surface area (Å²) >= 11 is 6.13. The van der Waals surface area contributed by atoms with E-state index in [-0.39, 0.29) is 22.6 Å². The van der Waals surface area contributed by atoms with E-state index in [1.807, 2.05) is 20.8 Å². The first-order valence-electron chi connectivity index (χ1n) is 8.65. The van der Waals surface area contributed by atoms with Crippen molar-refractivity contribution in [3.05, 3.63) is 64.2 Å². The summed E-state index contributed by atoms with van der Waals surface area (Å²) < 4.78 is 15.3. The van der Waals surface area contributed by atoms with Crippen molar-refractivity contribution in [2.24, 2.45) is 5.73 Å². The number of carbonyl (C=O) groups is 2. The maximum absolute atomic E-state index is 15.3. The van der Waals surface area contributed by atoms with Crippen molar-refractivity contribution in [2.45, 2.75) is 45.2 Å². The molecular formula is C20H23ClFN3O2. The predicted molar refractivity (Wildman–Crippen MR) is 103 cm³/mol. The van der Waals surface area contributed by atoms with Crippen molar-refractivity contribution >= 4 is 23.3 Å². The molecule has 0 saturated heterocycles. The van der Waals surface area contributed by atoms with Crippen molar-refractivity contribution in [2.75, 3.05) is 0 Å². The minimum Gasteiger partial charge on any atom is -0.370 e. The Labute approximate surface area is 163 Å². The highest BCUT2D eigenvalue weighted by Gasteiger charge is 2.28. The largest absolute Gasteiger partial charge is 0.370 e. The van der Waals surface area contributed by atoms with Gasteiger partial charge in [-0.3, -0.25) is 14.6 Å². The number of aromatic nitrogens is 1. The van der Waals surface area contributed by atoms with Gasteiger partial charge in [-0.25, -0.2) is 4.39 Å². The molecule has 0 saturated carbocycles. The Hall–Kier alpha value is -2.31. The first kappa shape index (κ1) is 21.0. The molecule has 2 rings (SSSR count). The summed E-state index contributed by atoms with van der Waals surface area (Å²) in [5.74, 6) is -1.66. The Kier molecular flexibility index (Phi) is 6.68. The van der Waals surface area contributed by atoms with Crippen molar-refractivity contribution in [3.63, 3.8) is 0 Å². The molecule has 1 amide bonds. The van der Waals surface area contributed by atoms with Gasteiger partial charge >= 0.3 is 0 Å². The Morgan fingerprint density at radius 3 is 2.59 bits per heavy atom. The van der Waals surface area contributed by atoms with Crippen LogP contribution in [0.15, 0.2) is 36.7 Å². The normalized spacial score (nSPS) is 12.6. The fourth-order valence-corrected chi connectivity index (χ4v) is 3.28. The zero-order valence-electron chi connectivity index (χ0n) is 15.6. The highest BCUT2D eigenvalue weighted by molar-refractivity contribution is 6.35. The van der Waals surface area contributed by atoms with Crippen LogP contribution in [0.4, 0.5) is 4.39 Å². The van der Waals surface area contributed by atoms with Gasteiger partial charge in [-0.05, 0) is 38.5 Å². The molecule has 7 heteroatoms. The number of hydrogen-bond donors (Lipinski definition) is 2. The number of rotatable bonds is 8. The quantitative estimate of drug-likeness (QED) is 0.670. The number of benzene rings is 1. The lowest BCUT2D eigenvalue weighted by Gasteiger charge is -2.31. The topological polar surface area (TPSA) is 85.1 Å². The van der Waals surface area contributed by atoms with Crippen LogP contribution in [0.5, 0.6) is 0 Å². The van der Waals surface area contributed by atoms with Crippen LogP contribution in [-0.2, 0) is 4.79 Å². The Morgan fingerprint density at radius 2 is 2.04 bits per heavy atom. The maximum atomic E-state index is 15.3. The summed E-state index contributed by atoms with van der Waals surface area (Å²) in [6.45, 7) is 5.51. The number of hydrogen-bond acceptors (Lipinski definition) is 4. The van der Waals surface area contributed by atoms with Gasteiger partial charge in [-0.2, -0.15) is 0 Å². The molecule has 5 nitrogen and oxygen atoms in total. The molecule has 0 spiro atoms. The van der Waals surface area contributed by atoms with E-state index in [1.165, 1.54) is 18.5 Å². The number of carbonyl (C=O) groups excluding carboxylic acids is 2. The van der Waals surface area contributed by atoms with Crippen LogP contribution in [0.2, 0.25) is 5.02 Å². The average Bonchev–Trinajstić information content (AvgIpc) is 2.59. The summed E-state index contributed by atoms with van der Waals surface area (Å²) in [7, 11) is 0. The van der Waals surface area contributed by atoms with Crippen LogP contribution < -0.4 is 11.1 Å². The number of ketones is 1. The molecule has 3 N–H and O–H groups in total. The van der Waals surface area contributed by atoms with Gasteiger partial charge in [0.05, 0.1) is 10.6 Å². The Bertz CT molecular complexity index is 841.